The predicted molar refractivity (Wildman–Crippen MR) is 101 cm³/mol. The fourth-order valence-electron chi connectivity index (χ4n) is 2.58. The molecule has 0 spiro atoms. The second kappa shape index (κ2) is 8.51. The van der Waals surface area contributed by atoms with Gasteiger partial charge >= 0.3 is 0 Å². The van der Waals surface area contributed by atoms with Gasteiger partial charge in [-0.3, -0.25) is 19.1 Å². The maximum absolute atomic E-state index is 12.7. The Morgan fingerprint density at radius 1 is 1.12 bits per heavy atom. The molecule has 0 atom stereocenters. The van der Waals surface area contributed by atoms with Crippen LogP contribution in [0.5, 0.6) is 0 Å². The van der Waals surface area contributed by atoms with Gasteiger partial charge in [-0.15, -0.1) is 0 Å². The van der Waals surface area contributed by atoms with Crippen molar-refractivity contribution in [3.63, 3.8) is 0 Å². The highest BCUT2D eigenvalue weighted by Gasteiger charge is 2.18. The average Bonchev–Trinajstić information content (AvgIpc) is 2.82. The van der Waals surface area contributed by atoms with E-state index in [1.807, 2.05) is 44.2 Å². The number of para-hydroxylation sites is 1. The summed E-state index contributed by atoms with van der Waals surface area (Å²) >= 11 is 0. The monoisotopic (exact) mass is 358 g/mol. The van der Waals surface area contributed by atoms with E-state index in [0.717, 1.165) is 6.42 Å². The molecule has 2 amide bonds. The minimum Gasteiger partial charge on any atom is -0.347 e. The van der Waals surface area contributed by atoms with Crippen LogP contribution in [-0.2, 0) is 16.6 Å². The number of hydrogen-bond acceptors (Lipinski definition) is 3. The van der Waals surface area contributed by atoms with Gasteiger partial charge in [-0.25, -0.2) is 4.68 Å². The van der Waals surface area contributed by atoms with Crippen LogP contribution in [0.15, 0.2) is 35.1 Å². The van der Waals surface area contributed by atoms with E-state index in [1.54, 1.807) is 18.7 Å². The Morgan fingerprint density at radius 2 is 1.77 bits per heavy atom. The van der Waals surface area contributed by atoms with Crippen LogP contribution in [0.25, 0.3) is 5.69 Å². The lowest BCUT2D eigenvalue weighted by Gasteiger charge is -2.07. The number of amides is 2. The van der Waals surface area contributed by atoms with Crippen molar-refractivity contribution in [2.24, 2.45) is 13.0 Å². The van der Waals surface area contributed by atoms with E-state index >= 15 is 0 Å². The van der Waals surface area contributed by atoms with E-state index in [4.69, 9.17) is 0 Å². The summed E-state index contributed by atoms with van der Waals surface area (Å²) in [4.78, 5) is 36.6. The third-order valence-electron chi connectivity index (χ3n) is 4.21. The summed E-state index contributed by atoms with van der Waals surface area (Å²) in [6.45, 7) is 5.68. The van der Waals surface area contributed by atoms with Gasteiger partial charge < -0.3 is 10.6 Å². The largest absolute Gasteiger partial charge is 0.347 e. The molecule has 0 bridgehead atoms. The van der Waals surface area contributed by atoms with E-state index < -0.39 is 5.91 Å². The van der Waals surface area contributed by atoms with Crippen molar-refractivity contribution in [3.8, 4) is 5.69 Å². The molecular formula is C19H26N4O3. The van der Waals surface area contributed by atoms with Crippen molar-refractivity contribution >= 4 is 17.5 Å². The molecule has 0 aliphatic rings. The molecule has 140 valence electrons. The molecule has 7 heteroatoms. The van der Waals surface area contributed by atoms with E-state index in [0.29, 0.717) is 23.7 Å². The van der Waals surface area contributed by atoms with Crippen molar-refractivity contribution in [3.05, 3.63) is 46.4 Å². The van der Waals surface area contributed by atoms with Gasteiger partial charge in [-0.2, -0.15) is 0 Å². The standard InChI is InChI=1S/C19H26N4O3/c1-13(2)10-11-16(24)20-12-17(25)21-18-14(3)22(4)23(19(18)26)15-8-6-5-7-9-15/h5-9,13H,10-12H2,1-4H3,(H,20,24)(H,21,25). The number of carbonyl (C=O) groups excluding carboxylic acids is 2. The van der Waals surface area contributed by atoms with E-state index in [2.05, 4.69) is 10.6 Å². The summed E-state index contributed by atoms with van der Waals surface area (Å²) in [5, 5.41) is 5.21. The van der Waals surface area contributed by atoms with Gasteiger partial charge in [0.2, 0.25) is 11.8 Å². The first-order valence-corrected chi connectivity index (χ1v) is 8.71. The molecule has 0 aliphatic heterocycles. The van der Waals surface area contributed by atoms with Crippen molar-refractivity contribution in [1.29, 1.82) is 0 Å². The molecule has 7 nitrogen and oxygen atoms in total. The molecule has 0 aliphatic carbocycles. The number of benzene rings is 1. The minimum absolute atomic E-state index is 0.157. The lowest BCUT2D eigenvalue weighted by Crippen LogP contribution is -2.34. The van der Waals surface area contributed by atoms with Crippen LogP contribution in [0.2, 0.25) is 0 Å². The zero-order chi connectivity index (χ0) is 19.3. The average molecular weight is 358 g/mol. The SMILES string of the molecule is Cc1c(NC(=O)CNC(=O)CCC(C)C)c(=O)n(-c2ccccc2)n1C. The highest BCUT2D eigenvalue weighted by Crippen LogP contribution is 2.13. The maximum atomic E-state index is 12.7. The third-order valence-corrected chi connectivity index (χ3v) is 4.21. The van der Waals surface area contributed by atoms with Crippen LogP contribution in [0, 0.1) is 12.8 Å². The maximum Gasteiger partial charge on any atom is 0.295 e. The Bertz CT molecular complexity index is 834. The summed E-state index contributed by atoms with van der Waals surface area (Å²) in [6, 6.07) is 9.20. The van der Waals surface area contributed by atoms with Crippen LogP contribution < -0.4 is 16.2 Å². The molecule has 26 heavy (non-hydrogen) atoms. The van der Waals surface area contributed by atoms with Crippen LogP contribution in [0.4, 0.5) is 5.69 Å². The summed E-state index contributed by atoms with van der Waals surface area (Å²) in [6.07, 6.45) is 1.16. The Kier molecular flexibility index (Phi) is 6.38. The number of rotatable bonds is 7. The molecule has 0 unspecified atom stereocenters. The molecule has 2 N–H and O–H groups in total. The van der Waals surface area contributed by atoms with Gasteiger partial charge in [-0.05, 0) is 31.4 Å². The molecule has 0 saturated heterocycles. The molecule has 2 rings (SSSR count). The molecule has 1 heterocycles. The highest BCUT2D eigenvalue weighted by molar-refractivity contribution is 5.94. The Labute approximate surface area is 153 Å². The number of aromatic nitrogens is 2. The van der Waals surface area contributed by atoms with Crippen LogP contribution in [-0.4, -0.2) is 27.7 Å². The molecule has 0 radical (unpaired) electrons. The Balaban J connectivity index is 2.07. The summed E-state index contributed by atoms with van der Waals surface area (Å²) < 4.78 is 3.18. The van der Waals surface area contributed by atoms with Gasteiger partial charge in [0.05, 0.1) is 17.9 Å². The fraction of sp³-hybridized carbons (Fsp3) is 0.421. The molecule has 2 aromatic rings. The second-order valence-electron chi connectivity index (χ2n) is 6.69. The summed E-state index contributed by atoms with van der Waals surface area (Å²) in [7, 11) is 1.76. The van der Waals surface area contributed by atoms with Gasteiger partial charge in [0.1, 0.15) is 5.69 Å². The quantitative estimate of drug-likeness (QED) is 0.794. The Morgan fingerprint density at radius 3 is 2.38 bits per heavy atom. The number of nitrogens with one attached hydrogen (secondary N) is 2. The number of hydrogen-bond donors (Lipinski definition) is 2. The Hall–Kier alpha value is -2.83. The summed E-state index contributed by atoms with van der Waals surface area (Å²) in [5.41, 5.74) is 1.26. The molecule has 0 fully saturated rings. The van der Waals surface area contributed by atoms with Crippen LogP contribution >= 0.6 is 0 Å². The lowest BCUT2D eigenvalue weighted by molar-refractivity contribution is -0.124. The third kappa shape index (κ3) is 4.62. The first-order valence-electron chi connectivity index (χ1n) is 8.71. The van der Waals surface area contributed by atoms with Crippen LogP contribution in [0.3, 0.4) is 0 Å². The number of carbonyl (C=O) groups is 2. The lowest BCUT2D eigenvalue weighted by atomic mass is 10.1. The highest BCUT2D eigenvalue weighted by atomic mass is 16.2. The van der Waals surface area contributed by atoms with Gasteiger partial charge in [-0.1, -0.05) is 32.0 Å². The van der Waals surface area contributed by atoms with E-state index in [9.17, 15) is 14.4 Å². The number of nitrogens with zero attached hydrogens (tertiary/aromatic N) is 2. The van der Waals surface area contributed by atoms with Crippen LogP contribution in [0.1, 0.15) is 32.4 Å². The first-order chi connectivity index (χ1) is 12.3. The zero-order valence-corrected chi connectivity index (χ0v) is 15.7. The van der Waals surface area contributed by atoms with Gasteiger partial charge in [0, 0.05) is 13.5 Å². The fourth-order valence-corrected chi connectivity index (χ4v) is 2.58. The number of anilines is 1. The normalized spacial score (nSPS) is 10.8. The van der Waals surface area contributed by atoms with Crippen molar-refractivity contribution in [1.82, 2.24) is 14.7 Å². The smallest absolute Gasteiger partial charge is 0.295 e. The van der Waals surface area contributed by atoms with Gasteiger partial charge in [0.15, 0.2) is 0 Å². The minimum atomic E-state index is -0.422. The van der Waals surface area contributed by atoms with Gasteiger partial charge in [0.25, 0.3) is 5.56 Å². The molecule has 1 aromatic heterocycles. The predicted octanol–water partition coefficient (Wildman–Crippen LogP) is 1.98. The van der Waals surface area contributed by atoms with Crippen molar-refractivity contribution < 1.29 is 9.59 Å². The molecule has 1 aromatic carbocycles. The van der Waals surface area contributed by atoms with E-state index in [1.165, 1.54) is 4.68 Å². The molecular weight excluding hydrogens is 332 g/mol. The second-order valence-corrected chi connectivity index (χ2v) is 6.69. The topological polar surface area (TPSA) is 85.1 Å². The summed E-state index contributed by atoms with van der Waals surface area (Å²) in [5.74, 6) is -0.160. The van der Waals surface area contributed by atoms with Crippen molar-refractivity contribution in [2.75, 3.05) is 11.9 Å². The zero-order valence-electron chi connectivity index (χ0n) is 15.7. The molecule has 0 saturated carbocycles. The van der Waals surface area contributed by atoms with Crippen molar-refractivity contribution in [2.45, 2.75) is 33.6 Å². The first kappa shape index (κ1) is 19.5. The van der Waals surface area contributed by atoms with E-state index in [-0.39, 0.29) is 23.7 Å².